The molecule has 24 heteroatoms. The second-order valence-corrected chi connectivity index (χ2v) is 26.1. The molecule has 3 aromatic carbocycles. The van der Waals surface area contributed by atoms with Gasteiger partial charge in [-0.2, -0.15) is 0 Å². The van der Waals surface area contributed by atoms with Crippen LogP contribution in [-0.4, -0.2) is 173 Å². The number of carbonyl (C=O) groups excluding carboxylic acids is 9. The number of aromatic nitrogens is 1. The Labute approximate surface area is 558 Å². The molecule has 9 N–H and O–H groups in total. The van der Waals surface area contributed by atoms with Crippen LogP contribution >= 0.6 is 0 Å². The van der Waals surface area contributed by atoms with Gasteiger partial charge in [0.15, 0.2) is 5.78 Å². The Hall–Kier alpha value is -8.22. The summed E-state index contributed by atoms with van der Waals surface area (Å²) in [5.74, 6) is -6.73. The van der Waals surface area contributed by atoms with E-state index in [2.05, 4.69) is 26.3 Å². The number of hydrogen-bond donors (Lipinski definition) is 8. The first kappa shape index (κ1) is 77.5. The Morgan fingerprint density at radius 1 is 0.758 bits per heavy atom. The number of likely N-dealkylation sites (tertiary alicyclic amines) is 1. The molecule has 1 aromatic heterocycles. The van der Waals surface area contributed by atoms with E-state index in [0.29, 0.717) is 37.1 Å². The number of fused-ring (bicyclic) bond motifs is 1. The summed E-state index contributed by atoms with van der Waals surface area (Å²) in [5.41, 5.74) is 8.47. The molecule has 0 unspecified atom stereocenters. The Balaban J connectivity index is 1.22. The number of carboxylic acids is 1. The minimum Gasteiger partial charge on any atom is -0.481 e. The fourth-order valence-electron chi connectivity index (χ4n) is 12.8. The number of carboxylic acid groups (broad SMARTS) is 1. The van der Waals surface area contributed by atoms with Crippen molar-refractivity contribution in [3.05, 3.63) is 102 Å². The van der Waals surface area contributed by atoms with Crippen LogP contribution in [0.15, 0.2) is 85.1 Å². The molecule has 1 aliphatic heterocycles. The molecule has 5 rings (SSSR count). The highest BCUT2D eigenvalue weighted by Crippen LogP contribution is 2.33. The summed E-state index contributed by atoms with van der Waals surface area (Å²) in [5, 5.41) is 32.1. The second-order valence-electron chi connectivity index (χ2n) is 26.1. The molecule has 4 aromatic rings. The van der Waals surface area contributed by atoms with Crippen molar-refractivity contribution in [1.82, 2.24) is 35.6 Å². The zero-order valence-electron chi connectivity index (χ0n) is 57.4. The standard InChI is InChI=1S/C71H103N9O15/c1-13-44(6)64(58(93-11)39-60(84)80-35-21-27-55(80)66(94-12)46(8)56(81)36-45(7)65(87)48-22-15-14-16-23-48)78(9)69(90)62(42(2)3)77-68(89)63(43(4)5)79(10)71(92)95-41-47-30-32-51(33-31-47)75-67(88)49(24-20-34-73-70(72)91)38-57(82)54(76-59(83)28-19-29-61(85)86)37-50-40-74-53-26-18-17-25-52(50)53/h14-18,22-23,25-26,30-33,40,42-46,49,54-55,58,62-66,74,87H,13,19-21,24,27-29,34-39,41H2,1-12H3,(H,75,88)(H,76,83)(H,77,89)(H,85,86)(H3,72,73,91)/t44-,45-,46-,49+,54-,55-,58+,62-,63-,64-,65+,66+/m0/s1. The molecule has 2 heterocycles. The van der Waals surface area contributed by atoms with Gasteiger partial charge in [-0.05, 0) is 90.7 Å². The lowest BCUT2D eigenvalue weighted by molar-refractivity contribution is -0.148. The molecule has 12 atom stereocenters. The number of H-pyrrole nitrogens is 1. The van der Waals surface area contributed by atoms with Crippen LogP contribution in [0, 0.1) is 35.5 Å². The molecule has 1 saturated heterocycles. The number of urea groups is 1. The highest BCUT2D eigenvalue weighted by atomic mass is 16.6. The second kappa shape index (κ2) is 37.8. The summed E-state index contributed by atoms with van der Waals surface area (Å²) < 4.78 is 17.8. The van der Waals surface area contributed by atoms with Gasteiger partial charge >= 0.3 is 18.1 Å². The van der Waals surface area contributed by atoms with E-state index in [9.17, 15) is 53.1 Å². The van der Waals surface area contributed by atoms with Crippen molar-refractivity contribution in [2.75, 3.05) is 46.7 Å². The average molecular weight is 1320 g/mol. The normalized spacial score (nSPS) is 16.6. The van der Waals surface area contributed by atoms with Crippen molar-refractivity contribution in [1.29, 1.82) is 0 Å². The number of primary amides is 1. The summed E-state index contributed by atoms with van der Waals surface area (Å²) in [7, 11) is 6.13. The number of aliphatic carboxylic acids is 1. The van der Waals surface area contributed by atoms with Crippen LogP contribution in [0.3, 0.4) is 0 Å². The molecule has 0 aliphatic carbocycles. The lowest BCUT2D eigenvalue weighted by Crippen LogP contribution is -2.60. The number of nitrogens with zero attached hydrogens (tertiary/aromatic N) is 3. The number of hydrogen-bond acceptors (Lipinski definition) is 14. The smallest absolute Gasteiger partial charge is 0.410 e. The van der Waals surface area contributed by atoms with Crippen molar-refractivity contribution >= 4 is 75.8 Å². The van der Waals surface area contributed by atoms with Gasteiger partial charge < -0.3 is 66.2 Å². The van der Waals surface area contributed by atoms with E-state index in [1.165, 1.54) is 19.1 Å². The number of Topliss-reactive ketones (excluding diaryl/α,β-unsaturated/α-hetero) is 2. The number of benzene rings is 3. The largest absolute Gasteiger partial charge is 0.481 e. The van der Waals surface area contributed by atoms with Crippen LogP contribution in [0.1, 0.15) is 149 Å². The quantitative estimate of drug-likeness (QED) is 0.0196. The molecule has 0 radical (unpaired) electrons. The number of likely N-dealkylation sites (N-methyl/N-ethyl adjacent to an activating group) is 2. The number of rotatable bonds is 39. The lowest BCUT2D eigenvalue weighted by atomic mass is 9.85. The fourth-order valence-corrected chi connectivity index (χ4v) is 12.8. The number of carbonyl (C=O) groups is 10. The van der Waals surface area contributed by atoms with Gasteiger partial charge in [0.2, 0.25) is 29.5 Å². The number of ketones is 2. The van der Waals surface area contributed by atoms with Crippen LogP contribution < -0.4 is 27.0 Å². The third kappa shape index (κ3) is 22.4. The van der Waals surface area contributed by atoms with Crippen molar-refractivity contribution in [3.8, 4) is 0 Å². The van der Waals surface area contributed by atoms with Crippen molar-refractivity contribution < 1.29 is 72.4 Å². The molecule has 24 nitrogen and oxygen atoms in total. The molecular weight excluding hydrogens is 1220 g/mol. The summed E-state index contributed by atoms with van der Waals surface area (Å²) in [6.07, 6.45) is 0.641. The number of aromatic amines is 1. The van der Waals surface area contributed by atoms with Crippen LogP contribution in [0.2, 0.25) is 0 Å². The Morgan fingerprint density at radius 3 is 2.05 bits per heavy atom. The Morgan fingerprint density at radius 2 is 1.43 bits per heavy atom. The van der Waals surface area contributed by atoms with Gasteiger partial charge in [0.1, 0.15) is 24.5 Å². The van der Waals surface area contributed by atoms with E-state index >= 15 is 0 Å². The molecule has 0 bridgehead atoms. The number of nitrogens with one attached hydrogen (secondary N) is 5. The minimum absolute atomic E-state index is 0.0635. The summed E-state index contributed by atoms with van der Waals surface area (Å²) in [6.45, 7) is 15.1. The third-order valence-electron chi connectivity index (χ3n) is 18.4. The zero-order chi connectivity index (χ0) is 70.2. The van der Waals surface area contributed by atoms with Gasteiger partial charge in [0, 0.05) is 108 Å². The van der Waals surface area contributed by atoms with E-state index < -0.39 is 120 Å². The first-order chi connectivity index (χ1) is 45.1. The molecule has 95 heavy (non-hydrogen) atoms. The van der Waals surface area contributed by atoms with E-state index in [4.69, 9.17) is 25.1 Å². The molecular formula is C71H103N9O15. The van der Waals surface area contributed by atoms with Crippen molar-refractivity contribution in [2.24, 2.45) is 41.2 Å². The monoisotopic (exact) mass is 1320 g/mol. The minimum atomic E-state index is -1.09. The predicted molar refractivity (Wildman–Crippen MR) is 360 cm³/mol. The number of amides is 8. The zero-order valence-corrected chi connectivity index (χ0v) is 57.4. The van der Waals surface area contributed by atoms with Crippen LogP contribution in [0.5, 0.6) is 0 Å². The number of methoxy groups -OCH3 is 2. The molecule has 0 saturated carbocycles. The summed E-state index contributed by atoms with van der Waals surface area (Å²) in [6, 6.07) is 18.1. The predicted octanol–water partition coefficient (Wildman–Crippen LogP) is 8.10. The van der Waals surface area contributed by atoms with Gasteiger partial charge in [-0.15, -0.1) is 0 Å². The maximum Gasteiger partial charge on any atom is 0.410 e. The van der Waals surface area contributed by atoms with E-state index in [1.807, 2.05) is 82.3 Å². The van der Waals surface area contributed by atoms with Gasteiger partial charge in [-0.1, -0.05) is 122 Å². The Bertz CT molecular complexity index is 3190. The summed E-state index contributed by atoms with van der Waals surface area (Å²) >= 11 is 0. The van der Waals surface area contributed by atoms with E-state index in [0.717, 1.165) is 22.0 Å². The number of ether oxygens (including phenoxy) is 3. The fraction of sp³-hybridized carbons (Fsp3) is 0.577. The average Bonchev–Trinajstić information content (AvgIpc) is 1.79. The van der Waals surface area contributed by atoms with Gasteiger partial charge in [0.05, 0.1) is 42.9 Å². The maximum absolute atomic E-state index is 14.8. The topological polar surface area (TPSA) is 338 Å². The lowest BCUT2D eigenvalue weighted by Gasteiger charge is -2.41. The van der Waals surface area contributed by atoms with Gasteiger partial charge in [-0.25, -0.2) is 9.59 Å². The van der Waals surface area contributed by atoms with Crippen LogP contribution in [0.25, 0.3) is 10.9 Å². The molecule has 1 aliphatic rings. The van der Waals surface area contributed by atoms with Crippen molar-refractivity contribution in [3.63, 3.8) is 0 Å². The third-order valence-corrected chi connectivity index (χ3v) is 18.4. The number of para-hydroxylation sites is 1. The molecule has 8 amide bonds. The first-order valence-electron chi connectivity index (χ1n) is 33.2. The van der Waals surface area contributed by atoms with Crippen LogP contribution in [0.4, 0.5) is 15.3 Å². The van der Waals surface area contributed by atoms with Gasteiger partial charge in [-0.3, -0.25) is 43.3 Å². The number of aliphatic hydroxyl groups excluding tert-OH is 1. The Kier molecular flexibility index (Phi) is 30.8. The molecule has 0 spiro atoms. The maximum atomic E-state index is 14.8. The van der Waals surface area contributed by atoms with E-state index in [-0.39, 0.29) is 94.5 Å². The number of nitrogens with two attached hydrogens (primary N) is 1. The molecule has 1 fully saturated rings. The SMILES string of the molecule is CC[C@H](C)[C@@H]([C@@H](CC(=O)N1CCC[C@H]1[C@H](OC)[C@@H](C)C(=O)C[C@H](C)[C@@H](O)c1ccccc1)OC)N(C)C(=O)[C@@H](NC(=O)[C@H](C(C)C)N(C)C(=O)OCc1ccc(NC(=O)[C@H](CCCNC(N)=O)CC(=O)[C@H](Cc2c[nH]c3ccccc23)NC(=O)CCCC(=O)O)cc1)C(C)C. The highest BCUT2D eigenvalue weighted by Gasteiger charge is 2.44. The summed E-state index contributed by atoms with van der Waals surface area (Å²) in [4.78, 5) is 143. The van der Waals surface area contributed by atoms with Crippen molar-refractivity contribution in [2.45, 2.75) is 188 Å². The van der Waals surface area contributed by atoms with Gasteiger partial charge in [0.25, 0.3) is 0 Å². The highest BCUT2D eigenvalue weighted by molar-refractivity contribution is 5.98. The van der Waals surface area contributed by atoms with Crippen LogP contribution in [-0.2, 0) is 65.6 Å². The van der Waals surface area contributed by atoms with E-state index in [1.54, 1.807) is 82.1 Å². The first-order valence-corrected chi connectivity index (χ1v) is 33.2. The number of aliphatic hydroxyl groups is 1. The number of anilines is 1. The molecule has 522 valence electrons.